The van der Waals surface area contributed by atoms with E-state index in [0.717, 1.165) is 5.56 Å². The van der Waals surface area contributed by atoms with Crippen molar-refractivity contribution in [2.75, 3.05) is 32.2 Å². The number of rotatable bonds is 10. The van der Waals surface area contributed by atoms with Gasteiger partial charge in [0.25, 0.3) is 0 Å². The Morgan fingerprint density at radius 3 is 2.79 bits per heavy atom. The van der Waals surface area contributed by atoms with Crippen LogP contribution in [0, 0.1) is 5.92 Å². The molecule has 1 aromatic carbocycles. The van der Waals surface area contributed by atoms with Crippen molar-refractivity contribution in [2.45, 2.75) is 19.8 Å². The number of anilines is 1. The van der Waals surface area contributed by atoms with Gasteiger partial charge in [-0.2, -0.15) is 0 Å². The summed E-state index contributed by atoms with van der Waals surface area (Å²) in [5, 5.41) is 26.8. The van der Waals surface area contributed by atoms with E-state index < -0.39 is 6.03 Å². The van der Waals surface area contributed by atoms with Crippen LogP contribution in [0.3, 0.4) is 0 Å². The molecule has 1 heterocycles. The Morgan fingerprint density at radius 1 is 1.34 bits per heavy atom. The first-order chi connectivity index (χ1) is 13.9. The largest absolute Gasteiger partial charge is 0.504 e. The summed E-state index contributed by atoms with van der Waals surface area (Å²) in [5.41, 5.74) is 1.34. The Labute approximate surface area is 172 Å². The van der Waals surface area contributed by atoms with E-state index in [0.29, 0.717) is 29.6 Å². The van der Waals surface area contributed by atoms with Gasteiger partial charge in [0, 0.05) is 24.4 Å². The van der Waals surface area contributed by atoms with Gasteiger partial charge < -0.3 is 25.0 Å². The molecule has 1 aromatic heterocycles. The minimum atomic E-state index is -0.460. The van der Waals surface area contributed by atoms with E-state index in [1.165, 1.54) is 18.4 Å². The number of phenolic OH excluding ortho intramolecular Hbond substituents is 1. The molecule has 2 aromatic rings. The number of amides is 2. The smallest absolute Gasteiger partial charge is 0.321 e. The number of thiazole rings is 1. The second kappa shape index (κ2) is 11.2. The second-order valence-corrected chi connectivity index (χ2v) is 7.08. The number of aromatic nitrogens is 1. The number of methoxy groups -OCH3 is 1. The zero-order valence-corrected chi connectivity index (χ0v) is 17.1. The molecular weight excluding hydrogens is 398 g/mol. The van der Waals surface area contributed by atoms with E-state index in [1.807, 2.05) is 0 Å². The Morgan fingerprint density at radius 2 is 2.14 bits per heavy atom. The predicted molar refractivity (Wildman–Crippen MR) is 108 cm³/mol. The first-order valence-corrected chi connectivity index (χ1v) is 9.94. The van der Waals surface area contributed by atoms with E-state index in [4.69, 9.17) is 9.47 Å². The Balaban J connectivity index is 1.82. The number of carbonyl (C=O) groups excluding carboxylic acids is 2. The number of aliphatic hydroxyl groups excluding tert-OH is 1. The fourth-order valence-corrected chi connectivity index (χ4v) is 3.29. The number of hydrogen-bond acceptors (Lipinski definition) is 8. The molecule has 29 heavy (non-hydrogen) atoms. The topological polar surface area (TPSA) is 130 Å². The fraction of sp³-hybridized carbons (Fsp3) is 0.421. The normalized spacial score (nSPS) is 11.6. The van der Waals surface area contributed by atoms with Crippen LogP contribution in [-0.4, -0.2) is 54.1 Å². The highest BCUT2D eigenvalue weighted by molar-refractivity contribution is 7.13. The number of urea groups is 1. The number of esters is 1. The molecule has 0 radical (unpaired) electrons. The maximum absolute atomic E-state index is 12.1. The highest BCUT2D eigenvalue weighted by atomic mass is 32.1. The Hall–Kier alpha value is -2.85. The predicted octanol–water partition coefficient (Wildman–Crippen LogP) is 1.94. The van der Waals surface area contributed by atoms with Crippen LogP contribution in [-0.2, 0) is 22.4 Å². The number of nitrogens with one attached hydrogen (secondary N) is 2. The number of aliphatic hydroxyl groups is 1. The second-order valence-electron chi connectivity index (χ2n) is 6.22. The third-order valence-corrected chi connectivity index (χ3v) is 4.79. The molecule has 10 heteroatoms. The Bertz CT molecular complexity index is 826. The van der Waals surface area contributed by atoms with Gasteiger partial charge in [-0.25, -0.2) is 9.78 Å². The van der Waals surface area contributed by atoms with Crippen LogP contribution in [0.5, 0.6) is 11.5 Å². The van der Waals surface area contributed by atoms with Gasteiger partial charge in [-0.05, 0) is 31.0 Å². The average molecular weight is 423 g/mol. The molecule has 0 spiro atoms. The summed E-state index contributed by atoms with van der Waals surface area (Å²) in [6, 6.07) is 4.55. The average Bonchev–Trinajstić information content (AvgIpc) is 3.11. The van der Waals surface area contributed by atoms with E-state index in [-0.39, 0.29) is 37.2 Å². The van der Waals surface area contributed by atoms with Gasteiger partial charge >= 0.3 is 12.0 Å². The number of carbonyl (C=O) groups is 2. The first kappa shape index (κ1) is 22.4. The van der Waals surface area contributed by atoms with Crippen LogP contribution in [0.25, 0.3) is 0 Å². The SMILES string of the molecule is CCOC(=O)Cc1csc(NC(=O)NC[C@H](CO)Cc2ccc(OC)c(O)c2)n1. The quantitative estimate of drug-likeness (QED) is 0.430. The summed E-state index contributed by atoms with van der Waals surface area (Å²) in [6.07, 6.45) is 0.518. The van der Waals surface area contributed by atoms with Gasteiger partial charge in [-0.1, -0.05) is 6.07 Å². The van der Waals surface area contributed by atoms with Gasteiger partial charge in [0.05, 0.1) is 25.8 Å². The molecule has 2 amide bonds. The zero-order valence-electron chi connectivity index (χ0n) is 16.3. The number of benzene rings is 1. The van der Waals surface area contributed by atoms with Crippen LogP contribution < -0.4 is 15.4 Å². The lowest BCUT2D eigenvalue weighted by Gasteiger charge is -2.16. The van der Waals surface area contributed by atoms with Crippen molar-refractivity contribution >= 4 is 28.5 Å². The maximum atomic E-state index is 12.1. The lowest BCUT2D eigenvalue weighted by molar-refractivity contribution is -0.142. The summed E-state index contributed by atoms with van der Waals surface area (Å²) in [4.78, 5) is 27.7. The van der Waals surface area contributed by atoms with Gasteiger partial charge in [-0.3, -0.25) is 10.1 Å². The van der Waals surface area contributed by atoms with Crippen molar-refractivity contribution < 1.29 is 29.3 Å². The zero-order chi connectivity index (χ0) is 21.2. The van der Waals surface area contributed by atoms with Crippen molar-refractivity contribution in [3.8, 4) is 11.5 Å². The van der Waals surface area contributed by atoms with Gasteiger partial charge in [0.1, 0.15) is 0 Å². The minimum absolute atomic E-state index is 0.0229. The van der Waals surface area contributed by atoms with Crippen LogP contribution in [0.2, 0.25) is 0 Å². The van der Waals surface area contributed by atoms with Crippen LogP contribution in [0.1, 0.15) is 18.2 Å². The number of nitrogens with zero attached hydrogens (tertiary/aromatic N) is 1. The third-order valence-electron chi connectivity index (χ3n) is 3.98. The molecule has 9 nitrogen and oxygen atoms in total. The monoisotopic (exact) mass is 423 g/mol. The van der Waals surface area contributed by atoms with Crippen molar-refractivity contribution in [3.05, 3.63) is 34.8 Å². The molecule has 4 N–H and O–H groups in total. The number of ether oxygens (including phenoxy) is 2. The third kappa shape index (κ3) is 7.24. The van der Waals surface area contributed by atoms with Gasteiger partial charge in [0.15, 0.2) is 16.6 Å². The highest BCUT2D eigenvalue weighted by Crippen LogP contribution is 2.27. The summed E-state index contributed by atoms with van der Waals surface area (Å²) in [7, 11) is 1.47. The summed E-state index contributed by atoms with van der Waals surface area (Å²) in [5.74, 6) is -0.208. The van der Waals surface area contributed by atoms with Gasteiger partial charge in [0.2, 0.25) is 0 Å². The van der Waals surface area contributed by atoms with Crippen LogP contribution >= 0.6 is 11.3 Å². The van der Waals surface area contributed by atoms with Crippen molar-refractivity contribution in [3.63, 3.8) is 0 Å². The van der Waals surface area contributed by atoms with Crippen molar-refractivity contribution in [1.29, 1.82) is 0 Å². The molecule has 0 saturated carbocycles. The molecule has 158 valence electrons. The molecule has 0 aliphatic heterocycles. The van der Waals surface area contributed by atoms with Crippen LogP contribution in [0.15, 0.2) is 23.6 Å². The molecule has 0 fully saturated rings. The maximum Gasteiger partial charge on any atom is 0.321 e. The minimum Gasteiger partial charge on any atom is -0.504 e. The summed E-state index contributed by atoms with van der Waals surface area (Å²) >= 11 is 1.21. The standard InChI is InChI=1S/C19H25N3O6S/c1-3-28-17(25)8-14-11-29-19(21-14)22-18(26)20-9-13(10-23)6-12-4-5-16(27-2)15(24)7-12/h4-5,7,11,13,23-24H,3,6,8-10H2,1-2H3,(H2,20,21,22,26)/t13-/m1/s1. The van der Waals surface area contributed by atoms with Gasteiger partial charge in [-0.15, -0.1) is 11.3 Å². The number of aromatic hydroxyl groups is 1. The Kier molecular flexibility index (Phi) is 8.68. The van der Waals surface area contributed by atoms with Crippen LogP contribution in [0.4, 0.5) is 9.93 Å². The van der Waals surface area contributed by atoms with E-state index >= 15 is 0 Å². The highest BCUT2D eigenvalue weighted by Gasteiger charge is 2.14. The molecule has 1 atom stereocenters. The molecule has 0 aliphatic rings. The molecular formula is C19H25N3O6S. The molecule has 0 saturated heterocycles. The number of phenols is 1. The molecule has 0 aliphatic carbocycles. The van der Waals surface area contributed by atoms with E-state index in [1.54, 1.807) is 30.5 Å². The lowest BCUT2D eigenvalue weighted by atomic mass is 9.99. The summed E-state index contributed by atoms with van der Waals surface area (Å²) in [6.45, 7) is 2.14. The lowest BCUT2D eigenvalue weighted by Crippen LogP contribution is -2.35. The first-order valence-electron chi connectivity index (χ1n) is 9.06. The summed E-state index contributed by atoms with van der Waals surface area (Å²) < 4.78 is 9.87. The number of hydrogen-bond donors (Lipinski definition) is 4. The molecule has 0 unspecified atom stereocenters. The molecule has 2 rings (SSSR count). The van der Waals surface area contributed by atoms with Crippen molar-refractivity contribution in [1.82, 2.24) is 10.3 Å². The molecule has 0 bridgehead atoms. The fourth-order valence-electron chi connectivity index (χ4n) is 2.58. The van der Waals surface area contributed by atoms with E-state index in [9.17, 15) is 19.8 Å². The van der Waals surface area contributed by atoms with E-state index in [2.05, 4.69) is 15.6 Å². The van der Waals surface area contributed by atoms with Crippen molar-refractivity contribution in [2.24, 2.45) is 5.92 Å².